The Morgan fingerprint density at radius 2 is 0.823 bits per heavy atom. The summed E-state index contributed by atoms with van der Waals surface area (Å²) in [6.45, 7) is 4.42. The van der Waals surface area contributed by atoms with Crippen molar-refractivity contribution >= 4 is 0 Å². The van der Waals surface area contributed by atoms with Crippen LogP contribution in [0.2, 0.25) is 0 Å². The average molecular weight is 801 g/mol. The second-order valence-corrected chi connectivity index (χ2v) is 18.5. The van der Waals surface area contributed by atoms with Crippen LogP contribution < -0.4 is 0 Å². The number of hydrogen-bond donors (Lipinski definition) is 0. The Balaban J connectivity index is 0.842. The molecule has 0 aliphatic heterocycles. The highest BCUT2D eigenvalue weighted by atomic mass is 15.0. The third kappa shape index (κ3) is 6.83. The highest BCUT2D eigenvalue weighted by Gasteiger charge is 2.58. The monoisotopic (exact) mass is 800 g/mol. The molecular formula is C58H48N4. The highest BCUT2D eigenvalue weighted by Crippen LogP contribution is 2.66. The van der Waals surface area contributed by atoms with Crippen molar-refractivity contribution in [3.05, 3.63) is 198 Å². The number of nitriles is 1. The third-order valence-electron chi connectivity index (χ3n) is 14.4. The molecule has 4 saturated carbocycles. The first-order valence-corrected chi connectivity index (χ1v) is 22.1. The van der Waals surface area contributed by atoms with E-state index in [1.807, 2.05) is 72.8 Å². The summed E-state index contributed by atoms with van der Waals surface area (Å²) < 4.78 is 0. The molecule has 4 aliphatic rings. The van der Waals surface area contributed by atoms with Gasteiger partial charge in [-0.25, -0.2) is 15.0 Å². The van der Waals surface area contributed by atoms with E-state index in [1.165, 1.54) is 94.2 Å². The maximum Gasteiger partial charge on any atom is 0.164 e. The van der Waals surface area contributed by atoms with Crippen LogP contribution in [0.5, 0.6) is 0 Å². The summed E-state index contributed by atoms with van der Waals surface area (Å²) in [5, 5.41) is 9.25. The SMILES string of the molecule is Cc1cc(-c2ccc(C34CC5CC(CC(c6ccc(-c7ccc(C#N)cc7)cc6)(C5)C3)C4)cc2)ccc1-c1ccc(-c2nc(-c3ccccc3)nc(-c3ccccc3)n2)cc1C. The molecule has 4 nitrogen and oxygen atoms in total. The second kappa shape index (κ2) is 15.2. The van der Waals surface area contributed by atoms with Crippen LogP contribution in [0.4, 0.5) is 0 Å². The van der Waals surface area contributed by atoms with E-state index < -0.39 is 0 Å². The van der Waals surface area contributed by atoms with Gasteiger partial charge in [-0.05, 0) is 149 Å². The molecule has 8 aromatic rings. The molecule has 300 valence electrons. The predicted molar refractivity (Wildman–Crippen MR) is 251 cm³/mol. The van der Waals surface area contributed by atoms with Gasteiger partial charge in [0.2, 0.25) is 0 Å². The largest absolute Gasteiger partial charge is 0.208 e. The van der Waals surface area contributed by atoms with Crippen LogP contribution in [0.1, 0.15) is 66.3 Å². The Labute approximate surface area is 365 Å². The smallest absolute Gasteiger partial charge is 0.164 e. The van der Waals surface area contributed by atoms with Gasteiger partial charge in [0.25, 0.3) is 0 Å². The molecular weight excluding hydrogens is 753 g/mol. The molecule has 0 amide bonds. The van der Waals surface area contributed by atoms with Crippen molar-refractivity contribution in [1.82, 2.24) is 15.0 Å². The van der Waals surface area contributed by atoms with E-state index in [2.05, 4.69) is 117 Å². The number of benzene rings is 7. The molecule has 1 heterocycles. The van der Waals surface area contributed by atoms with Crippen LogP contribution in [0, 0.1) is 37.0 Å². The predicted octanol–water partition coefficient (Wildman–Crippen LogP) is 14.2. The zero-order valence-electron chi connectivity index (χ0n) is 35.4. The summed E-state index contributed by atoms with van der Waals surface area (Å²) in [7, 11) is 0. The molecule has 0 radical (unpaired) electrons. The summed E-state index contributed by atoms with van der Waals surface area (Å²) in [6.07, 6.45) is 7.89. The Morgan fingerprint density at radius 3 is 1.27 bits per heavy atom. The maximum absolute atomic E-state index is 9.25. The van der Waals surface area contributed by atoms with E-state index in [9.17, 15) is 5.26 Å². The molecule has 12 rings (SSSR count). The van der Waals surface area contributed by atoms with Crippen molar-refractivity contribution in [3.63, 3.8) is 0 Å². The van der Waals surface area contributed by atoms with E-state index in [1.54, 1.807) is 0 Å². The molecule has 0 N–H and O–H groups in total. The standard InChI is InChI=1S/C58H48N4/c1-38-29-48(21-27-52(38)53-28-22-49(30-39(53)2)56-61-54(46-9-5-3-6-10-46)60-55(62-56)47-11-7-4-8-12-47)45-19-25-51(26-20-45)58-34-41-31-42(35-58)33-57(32-41,37-58)50-23-17-44(18-24-50)43-15-13-40(36-59)14-16-43/h3-30,41-42H,31-35,37H2,1-2H3. The van der Waals surface area contributed by atoms with Crippen LogP contribution in [-0.2, 0) is 10.8 Å². The fourth-order valence-corrected chi connectivity index (χ4v) is 11.9. The first kappa shape index (κ1) is 38.0. The lowest BCUT2D eigenvalue weighted by Crippen LogP contribution is -2.55. The average Bonchev–Trinajstić information content (AvgIpc) is 3.32. The first-order valence-electron chi connectivity index (χ1n) is 22.1. The third-order valence-corrected chi connectivity index (χ3v) is 14.4. The number of aryl methyl sites for hydroxylation is 2. The molecule has 1 aromatic heterocycles. The lowest BCUT2D eigenvalue weighted by Gasteiger charge is -2.63. The molecule has 4 bridgehead atoms. The van der Waals surface area contributed by atoms with Crippen LogP contribution in [0.3, 0.4) is 0 Å². The van der Waals surface area contributed by atoms with E-state index in [4.69, 9.17) is 15.0 Å². The topological polar surface area (TPSA) is 62.5 Å². The molecule has 62 heavy (non-hydrogen) atoms. The van der Waals surface area contributed by atoms with Gasteiger partial charge in [0.05, 0.1) is 11.6 Å². The van der Waals surface area contributed by atoms with Crippen LogP contribution in [-0.4, -0.2) is 15.0 Å². The number of aromatic nitrogens is 3. The molecule has 0 saturated heterocycles. The first-order chi connectivity index (χ1) is 30.3. The molecule has 0 spiro atoms. The maximum atomic E-state index is 9.25. The summed E-state index contributed by atoms with van der Waals surface area (Å²) in [6, 6.07) is 63.1. The van der Waals surface area contributed by atoms with Gasteiger partial charge in [-0.2, -0.15) is 5.26 Å². The second-order valence-electron chi connectivity index (χ2n) is 18.5. The number of rotatable bonds is 8. The Kier molecular flexibility index (Phi) is 9.31. The van der Waals surface area contributed by atoms with Gasteiger partial charge >= 0.3 is 0 Å². The minimum Gasteiger partial charge on any atom is -0.208 e. The van der Waals surface area contributed by atoms with Crippen LogP contribution >= 0.6 is 0 Å². The zero-order chi connectivity index (χ0) is 41.8. The zero-order valence-corrected chi connectivity index (χ0v) is 35.4. The van der Waals surface area contributed by atoms with Crippen LogP contribution in [0.15, 0.2) is 170 Å². The molecule has 2 atom stereocenters. The van der Waals surface area contributed by atoms with E-state index in [0.717, 1.165) is 28.5 Å². The Bertz CT molecular complexity index is 2910. The molecule has 4 heteroatoms. The van der Waals surface area contributed by atoms with Crippen molar-refractivity contribution < 1.29 is 0 Å². The normalized spacial score (nSPS) is 21.1. The quantitative estimate of drug-likeness (QED) is 0.154. The minimum atomic E-state index is 0.241. The van der Waals surface area contributed by atoms with Gasteiger partial charge in [0.1, 0.15) is 0 Å². The lowest BCUT2D eigenvalue weighted by atomic mass is 9.41. The van der Waals surface area contributed by atoms with Crippen molar-refractivity contribution in [2.24, 2.45) is 11.8 Å². The van der Waals surface area contributed by atoms with E-state index in [-0.39, 0.29) is 10.8 Å². The van der Waals surface area contributed by atoms with Crippen molar-refractivity contribution in [2.45, 2.75) is 63.2 Å². The van der Waals surface area contributed by atoms with Crippen molar-refractivity contribution in [3.8, 4) is 73.6 Å². The van der Waals surface area contributed by atoms with E-state index in [0.29, 0.717) is 23.0 Å². The Hall–Kier alpha value is -6.96. The van der Waals surface area contributed by atoms with Gasteiger partial charge in [0.15, 0.2) is 17.5 Å². The number of hydrogen-bond acceptors (Lipinski definition) is 4. The van der Waals surface area contributed by atoms with Gasteiger partial charge in [0, 0.05) is 16.7 Å². The fourth-order valence-electron chi connectivity index (χ4n) is 11.9. The Morgan fingerprint density at radius 1 is 0.435 bits per heavy atom. The van der Waals surface area contributed by atoms with Gasteiger partial charge < -0.3 is 0 Å². The molecule has 2 unspecified atom stereocenters. The van der Waals surface area contributed by atoms with Gasteiger partial charge in [-0.3, -0.25) is 0 Å². The lowest BCUT2D eigenvalue weighted by molar-refractivity contribution is -0.0281. The van der Waals surface area contributed by atoms with Crippen molar-refractivity contribution in [2.75, 3.05) is 0 Å². The fraction of sp³-hybridized carbons (Fsp3) is 0.207. The van der Waals surface area contributed by atoms with Crippen LogP contribution in [0.25, 0.3) is 67.5 Å². The molecule has 7 aromatic carbocycles. The van der Waals surface area contributed by atoms with Gasteiger partial charge in [-0.15, -0.1) is 0 Å². The number of nitrogens with zero attached hydrogens (tertiary/aromatic N) is 4. The molecule has 4 fully saturated rings. The molecule has 4 aliphatic carbocycles. The minimum absolute atomic E-state index is 0.241. The summed E-state index contributed by atoms with van der Waals surface area (Å²) in [5.74, 6) is 3.58. The summed E-state index contributed by atoms with van der Waals surface area (Å²) >= 11 is 0. The van der Waals surface area contributed by atoms with Crippen molar-refractivity contribution in [1.29, 1.82) is 5.26 Å². The summed E-state index contributed by atoms with van der Waals surface area (Å²) in [4.78, 5) is 14.8. The van der Waals surface area contributed by atoms with E-state index >= 15 is 0 Å². The highest BCUT2D eigenvalue weighted by molar-refractivity contribution is 5.78. The summed E-state index contributed by atoms with van der Waals surface area (Å²) in [5.41, 5.74) is 16.9. The van der Waals surface area contributed by atoms with Gasteiger partial charge in [-0.1, -0.05) is 152 Å².